The summed E-state index contributed by atoms with van der Waals surface area (Å²) in [6.45, 7) is 6.15. The molecule has 41 heavy (non-hydrogen) atoms. The van der Waals surface area contributed by atoms with Crippen molar-refractivity contribution in [3.05, 3.63) is 81.1 Å². The first-order valence-electron chi connectivity index (χ1n) is 13.6. The second-order valence-electron chi connectivity index (χ2n) is 11.1. The number of amides is 2. The Morgan fingerprint density at radius 1 is 1.12 bits per heavy atom. The Kier molecular flexibility index (Phi) is 6.42. The van der Waals surface area contributed by atoms with Crippen LogP contribution < -0.4 is 0 Å². The van der Waals surface area contributed by atoms with Gasteiger partial charge in [0.2, 0.25) is 11.8 Å². The van der Waals surface area contributed by atoms with Gasteiger partial charge in [-0.25, -0.2) is 0 Å². The number of halogens is 2. The molecular weight excluding hydrogens is 567 g/mol. The van der Waals surface area contributed by atoms with Gasteiger partial charge in [-0.15, -0.1) is 5.10 Å². The van der Waals surface area contributed by atoms with Crippen molar-refractivity contribution in [3.63, 3.8) is 0 Å². The number of rotatable bonds is 5. The molecule has 3 aromatic rings. The summed E-state index contributed by atoms with van der Waals surface area (Å²) in [5.41, 5.74) is 2.47. The number of ether oxygens (including phenoxy) is 2. The number of hydrogen-bond acceptors (Lipinski definition) is 7. The topological polar surface area (TPSA) is 103 Å². The lowest BCUT2D eigenvalue weighted by atomic mass is 9.76. The highest BCUT2D eigenvalue weighted by Crippen LogP contribution is 2.54. The average molecular weight is 595 g/mol. The predicted octanol–water partition coefficient (Wildman–Crippen LogP) is 3.32. The van der Waals surface area contributed by atoms with Crippen molar-refractivity contribution in [2.45, 2.75) is 31.6 Å². The Morgan fingerprint density at radius 2 is 1.88 bits per heavy atom. The number of hydrogen-bond donors (Lipinski definition) is 0. The highest BCUT2D eigenvalue weighted by atomic mass is 35.5. The van der Waals surface area contributed by atoms with Crippen LogP contribution in [0.1, 0.15) is 28.6 Å². The molecule has 1 aromatic heterocycles. The molecule has 0 radical (unpaired) electrons. The molecule has 0 aliphatic carbocycles. The fourth-order valence-electron chi connectivity index (χ4n) is 6.86. The minimum absolute atomic E-state index is 0.0776. The zero-order chi connectivity index (χ0) is 28.5. The summed E-state index contributed by atoms with van der Waals surface area (Å²) in [6.07, 6.45) is 3.42. The van der Waals surface area contributed by atoms with E-state index in [0.717, 1.165) is 16.8 Å². The Balaban J connectivity index is 1.34. The lowest BCUT2D eigenvalue weighted by molar-refractivity contribution is -0.146. The fourth-order valence-corrected chi connectivity index (χ4v) is 7.37. The van der Waals surface area contributed by atoms with Gasteiger partial charge < -0.3 is 19.3 Å². The van der Waals surface area contributed by atoms with Gasteiger partial charge in [-0.2, -0.15) is 4.68 Å². The molecule has 2 bridgehead atoms. The highest BCUT2D eigenvalue weighted by molar-refractivity contribution is 6.35. The molecule has 3 fully saturated rings. The molecule has 0 unspecified atom stereocenters. The number of likely N-dealkylation sites (tertiary alicyclic amines) is 1. The second kappa shape index (κ2) is 9.90. The number of aromatic nitrogens is 4. The summed E-state index contributed by atoms with van der Waals surface area (Å²) in [7, 11) is 0. The minimum atomic E-state index is -0.928. The van der Waals surface area contributed by atoms with E-state index >= 15 is 0 Å². The molecule has 0 saturated carbocycles. The maximum absolute atomic E-state index is 14.5. The van der Waals surface area contributed by atoms with Crippen LogP contribution in [0.4, 0.5) is 0 Å². The van der Waals surface area contributed by atoms with Gasteiger partial charge in [-0.3, -0.25) is 9.59 Å². The number of aryl methyl sites for hydroxylation is 2. The van der Waals surface area contributed by atoms with Crippen molar-refractivity contribution in [1.29, 1.82) is 0 Å². The molecular formula is C29H28Cl2N6O4. The number of benzene rings is 2. The van der Waals surface area contributed by atoms with Gasteiger partial charge in [-0.05, 0) is 47.5 Å². The molecule has 7 rings (SSSR count). The Morgan fingerprint density at radius 3 is 2.61 bits per heavy atom. The first kappa shape index (κ1) is 26.6. The number of carbonyl (C=O) groups is 2. The molecule has 1 spiro atoms. The number of para-hydroxylation sites is 1. The van der Waals surface area contributed by atoms with Crippen molar-refractivity contribution in [1.82, 2.24) is 30.0 Å². The molecule has 5 atom stereocenters. The van der Waals surface area contributed by atoms with Crippen molar-refractivity contribution >= 4 is 35.0 Å². The maximum atomic E-state index is 14.5. The largest absolute Gasteiger partial charge is 0.378 e. The predicted molar refractivity (Wildman–Crippen MR) is 150 cm³/mol. The first-order chi connectivity index (χ1) is 19.8. The summed E-state index contributed by atoms with van der Waals surface area (Å²) in [4.78, 5) is 31.8. The molecule has 10 nitrogen and oxygen atoms in total. The molecule has 5 heterocycles. The number of nitrogens with zero attached hydrogens (tertiary/aromatic N) is 6. The molecule has 212 valence electrons. The maximum Gasteiger partial charge on any atom is 0.230 e. The standard InChI is InChI=1S/C29H28Cl2N6O4/c1-16-4-3-5-17(2)24(16)37-26(32-33-34-37)25(19-7-6-18(30)14-20(19)31)36-15-29-9-8-21(41-29)22(23(29)28(36)39)27(38)35-10-12-40-13-11-35/h3-9,14,21-23,25H,10-13,15H2,1-2H3/t21-,22+,23-,25-,29+/m1/s1. The van der Waals surface area contributed by atoms with Crippen molar-refractivity contribution in [2.75, 3.05) is 32.8 Å². The van der Waals surface area contributed by atoms with Crippen molar-refractivity contribution in [3.8, 4) is 5.69 Å². The zero-order valence-electron chi connectivity index (χ0n) is 22.5. The van der Waals surface area contributed by atoms with E-state index < -0.39 is 29.6 Å². The van der Waals surface area contributed by atoms with Crippen LogP contribution in [-0.2, 0) is 19.1 Å². The summed E-state index contributed by atoms with van der Waals surface area (Å²) >= 11 is 13.1. The molecule has 2 amide bonds. The van der Waals surface area contributed by atoms with Crippen LogP contribution in [0.2, 0.25) is 10.0 Å². The molecule has 2 aromatic carbocycles. The van der Waals surface area contributed by atoms with Crippen molar-refractivity contribution < 1.29 is 19.1 Å². The van der Waals surface area contributed by atoms with Crippen LogP contribution in [0.15, 0.2) is 48.6 Å². The van der Waals surface area contributed by atoms with E-state index in [0.29, 0.717) is 47.7 Å². The van der Waals surface area contributed by atoms with Gasteiger partial charge in [0.1, 0.15) is 11.6 Å². The quantitative estimate of drug-likeness (QED) is 0.417. The third kappa shape index (κ3) is 4.11. The van der Waals surface area contributed by atoms with E-state index in [1.807, 2.05) is 44.2 Å². The normalized spacial score (nSPS) is 27.5. The van der Waals surface area contributed by atoms with Crippen LogP contribution in [0, 0.1) is 25.7 Å². The van der Waals surface area contributed by atoms with Crippen LogP contribution in [0.3, 0.4) is 0 Å². The number of morpholine rings is 1. The van der Waals surface area contributed by atoms with Gasteiger partial charge in [-0.1, -0.05) is 59.6 Å². The first-order valence-corrected chi connectivity index (χ1v) is 14.4. The molecule has 12 heteroatoms. The van der Waals surface area contributed by atoms with Gasteiger partial charge in [0.05, 0.1) is 43.4 Å². The monoisotopic (exact) mass is 594 g/mol. The molecule has 0 N–H and O–H groups in total. The SMILES string of the molecule is Cc1cccc(C)c1-n1nnnc1[C@@H](c1ccc(Cl)cc1Cl)N1C[C@]23C=C[C@@H](O2)[C@H](C(=O)N2CCOCC2)[C@@H]3C1=O. The highest BCUT2D eigenvalue weighted by Gasteiger charge is 2.68. The average Bonchev–Trinajstić information content (AvgIpc) is 3.72. The lowest BCUT2D eigenvalue weighted by Crippen LogP contribution is -2.49. The minimum Gasteiger partial charge on any atom is -0.378 e. The Hall–Kier alpha value is -3.31. The summed E-state index contributed by atoms with van der Waals surface area (Å²) in [5, 5.41) is 13.7. The summed E-state index contributed by atoms with van der Waals surface area (Å²) in [5.74, 6) is -1.15. The summed E-state index contributed by atoms with van der Waals surface area (Å²) < 4.78 is 13.6. The van der Waals surface area contributed by atoms with E-state index in [2.05, 4.69) is 15.5 Å². The van der Waals surface area contributed by atoms with E-state index in [4.69, 9.17) is 32.7 Å². The zero-order valence-corrected chi connectivity index (χ0v) is 24.0. The van der Waals surface area contributed by atoms with Crippen molar-refractivity contribution in [2.24, 2.45) is 11.8 Å². The molecule has 3 saturated heterocycles. The molecule has 4 aliphatic heterocycles. The smallest absolute Gasteiger partial charge is 0.230 e. The number of carbonyl (C=O) groups excluding carboxylic acids is 2. The van der Waals surface area contributed by atoms with Crippen LogP contribution >= 0.6 is 23.2 Å². The lowest BCUT2D eigenvalue weighted by Gasteiger charge is -2.33. The number of tetrazole rings is 1. The Bertz CT molecular complexity index is 1570. The van der Waals surface area contributed by atoms with Gasteiger partial charge >= 0.3 is 0 Å². The van der Waals surface area contributed by atoms with Crippen LogP contribution in [-0.4, -0.2) is 86.4 Å². The second-order valence-corrected chi connectivity index (χ2v) is 11.9. The van der Waals surface area contributed by atoms with E-state index in [-0.39, 0.29) is 18.4 Å². The third-order valence-corrected chi connectivity index (χ3v) is 9.26. The van der Waals surface area contributed by atoms with Gasteiger partial charge in [0.15, 0.2) is 5.82 Å². The fraction of sp³-hybridized carbons (Fsp3) is 0.414. The summed E-state index contributed by atoms with van der Waals surface area (Å²) in [6, 6.07) is 10.4. The molecule has 4 aliphatic rings. The number of fused-ring (bicyclic) bond motifs is 1. The van der Waals surface area contributed by atoms with E-state index in [1.54, 1.807) is 32.7 Å². The van der Waals surface area contributed by atoms with Crippen LogP contribution in [0.25, 0.3) is 5.69 Å². The van der Waals surface area contributed by atoms with Gasteiger partial charge in [0.25, 0.3) is 0 Å². The third-order valence-electron chi connectivity index (χ3n) is 8.70. The van der Waals surface area contributed by atoms with E-state index in [1.165, 1.54) is 0 Å². The van der Waals surface area contributed by atoms with Crippen LogP contribution in [0.5, 0.6) is 0 Å². The van der Waals surface area contributed by atoms with E-state index in [9.17, 15) is 9.59 Å². The Labute approximate surface area is 246 Å². The van der Waals surface area contributed by atoms with Gasteiger partial charge in [0, 0.05) is 28.7 Å².